The number of amides is 7. The summed E-state index contributed by atoms with van der Waals surface area (Å²) < 4.78 is 0. The molecule has 1 aromatic rings. The number of carboxylic acids is 2. The Kier molecular flexibility index (Phi) is 19.0. The van der Waals surface area contributed by atoms with Gasteiger partial charge in [-0.05, 0) is 55.2 Å². The van der Waals surface area contributed by atoms with Crippen LogP contribution in [0.5, 0.6) is 5.75 Å². The summed E-state index contributed by atoms with van der Waals surface area (Å²) >= 11 is 0. The van der Waals surface area contributed by atoms with Gasteiger partial charge in [0.2, 0.25) is 41.4 Å². The largest absolute Gasteiger partial charge is 0.508 e. The van der Waals surface area contributed by atoms with Gasteiger partial charge in [-0.15, -0.1) is 0 Å². The Morgan fingerprint density at radius 3 is 1.71 bits per heavy atom. The third kappa shape index (κ3) is 15.6. The molecule has 21 heteroatoms. The van der Waals surface area contributed by atoms with Crippen LogP contribution in [0.2, 0.25) is 0 Å². The molecule has 322 valence electrons. The number of nitrogens with zero attached hydrogens (tertiary/aromatic N) is 1. The number of primary amides is 1. The van der Waals surface area contributed by atoms with Crippen LogP contribution in [0.25, 0.3) is 0 Å². The predicted octanol–water partition coefficient (Wildman–Crippen LogP) is -2.80. The molecule has 1 aromatic carbocycles. The molecule has 13 N–H and O–H groups in total. The van der Waals surface area contributed by atoms with Gasteiger partial charge in [-0.2, -0.15) is 0 Å². The van der Waals surface area contributed by atoms with Gasteiger partial charge in [0.25, 0.3) is 0 Å². The molecule has 1 aliphatic rings. The van der Waals surface area contributed by atoms with Crippen LogP contribution >= 0.6 is 0 Å². The highest BCUT2D eigenvalue weighted by atomic mass is 16.4. The fourth-order valence-corrected chi connectivity index (χ4v) is 6.22. The molecule has 0 aromatic heterocycles. The first-order valence-electron chi connectivity index (χ1n) is 18.8. The van der Waals surface area contributed by atoms with E-state index >= 15 is 0 Å². The van der Waals surface area contributed by atoms with E-state index in [1.165, 1.54) is 29.2 Å². The number of benzene rings is 1. The smallest absolute Gasteiger partial charge is 0.328 e. The maximum absolute atomic E-state index is 14.3. The second-order valence-corrected chi connectivity index (χ2v) is 15.0. The van der Waals surface area contributed by atoms with Gasteiger partial charge >= 0.3 is 11.9 Å². The molecular formula is C37H56N8O13. The lowest BCUT2D eigenvalue weighted by atomic mass is 10.00. The Labute approximate surface area is 335 Å². The molecule has 0 bridgehead atoms. The molecule has 0 unspecified atom stereocenters. The summed E-state index contributed by atoms with van der Waals surface area (Å²) in [6.07, 6.45) is -1.10. The molecule has 1 aliphatic heterocycles. The molecule has 0 saturated carbocycles. The summed E-state index contributed by atoms with van der Waals surface area (Å²) in [6.45, 7) is 6.05. The number of aliphatic hydroxyl groups excluding tert-OH is 1. The van der Waals surface area contributed by atoms with Gasteiger partial charge in [-0.1, -0.05) is 39.8 Å². The van der Waals surface area contributed by atoms with Gasteiger partial charge in [0.15, 0.2) is 0 Å². The number of aromatic hydroxyl groups is 1. The zero-order chi connectivity index (χ0) is 43.9. The van der Waals surface area contributed by atoms with E-state index in [1.54, 1.807) is 27.7 Å². The highest BCUT2D eigenvalue weighted by molar-refractivity contribution is 5.98. The van der Waals surface area contributed by atoms with E-state index in [9.17, 15) is 63.6 Å². The first kappa shape index (κ1) is 48.3. The summed E-state index contributed by atoms with van der Waals surface area (Å²) in [6, 6.07) is -4.22. The number of phenolic OH excluding ortho intramolecular Hbond substituents is 1. The summed E-state index contributed by atoms with van der Waals surface area (Å²) in [5.41, 5.74) is 11.4. The van der Waals surface area contributed by atoms with Gasteiger partial charge in [0, 0.05) is 13.0 Å². The number of aliphatic carboxylic acids is 2. The molecule has 58 heavy (non-hydrogen) atoms. The Morgan fingerprint density at radius 2 is 1.22 bits per heavy atom. The maximum Gasteiger partial charge on any atom is 0.328 e. The number of aliphatic hydroxyl groups is 1. The van der Waals surface area contributed by atoms with E-state index in [2.05, 4.69) is 26.6 Å². The zero-order valence-corrected chi connectivity index (χ0v) is 32.9. The van der Waals surface area contributed by atoms with Crippen LogP contribution in [-0.4, -0.2) is 134 Å². The topological polar surface area (TPSA) is 350 Å². The molecule has 1 saturated heterocycles. The van der Waals surface area contributed by atoms with Crippen molar-refractivity contribution in [2.75, 3.05) is 13.2 Å². The SMILES string of the molecule is CC(C)C[C@H](NC(=O)[C@H](CC(=O)O)NC(=O)[C@@H]1CCCN1C(=O)[C@H](Cc1ccc(O)cc1)NC(=O)[C@H](CC(C)C)NC(=O)[C@@H](N)CC(N)=O)C(=O)N[C@@H](CO)C(=O)O. The van der Waals surface area contributed by atoms with Crippen LogP contribution in [-0.2, 0) is 49.6 Å². The minimum atomic E-state index is -1.76. The molecule has 7 amide bonds. The average molecular weight is 821 g/mol. The summed E-state index contributed by atoms with van der Waals surface area (Å²) in [5.74, 6) is -9.62. The number of hydrogen-bond acceptors (Lipinski definition) is 12. The van der Waals surface area contributed by atoms with E-state index in [4.69, 9.17) is 11.5 Å². The second-order valence-electron chi connectivity index (χ2n) is 15.0. The van der Waals surface area contributed by atoms with Gasteiger partial charge in [0.05, 0.1) is 25.5 Å². The fraction of sp³-hybridized carbons (Fsp3) is 0.595. The van der Waals surface area contributed by atoms with E-state index in [1.807, 2.05) is 0 Å². The lowest BCUT2D eigenvalue weighted by Crippen LogP contribution is -2.60. The monoisotopic (exact) mass is 820 g/mol. The van der Waals surface area contributed by atoms with Crippen molar-refractivity contribution < 1.29 is 63.6 Å². The second kappa shape index (κ2) is 22.8. The minimum absolute atomic E-state index is 0.0228. The van der Waals surface area contributed by atoms with Crippen molar-refractivity contribution in [2.24, 2.45) is 23.3 Å². The number of carbonyl (C=O) groups excluding carboxylic acids is 7. The van der Waals surface area contributed by atoms with Gasteiger partial charge in [0.1, 0.15) is 42.0 Å². The number of nitrogens with one attached hydrogen (secondary N) is 5. The molecule has 1 fully saturated rings. The lowest BCUT2D eigenvalue weighted by molar-refractivity contribution is -0.145. The quantitative estimate of drug-likeness (QED) is 0.0531. The van der Waals surface area contributed by atoms with Crippen molar-refractivity contribution >= 4 is 53.3 Å². The Bertz CT molecular complexity index is 1660. The van der Waals surface area contributed by atoms with Gasteiger partial charge in [-0.25, -0.2) is 4.79 Å². The zero-order valence-electron chi connectivity index (χ0n) is 32.9. The summed E-state index contributed by atoms with van der Waals surface area (Å²) in [5, 5.41) is 50.0. The Morgan fingerprint density at radius 1 is 0.724 bits per heavy atom. The first-order chi connectivity index (χ1) is 27.1. The number of nitrogens with two attached hydrogens (primary N) is 2. The van der Waals surface area contributed by atoms with Crippen LogP contribution in [0.3, 0.4) is 0 Å². The number of likely N-dealkylation sites (tertiary alicyclic amines) is 1. The fourth-order valence-electron chi connectivity index (χ4n) is 6.22. The lowest BCUT2D eigenvalue weighted by Gasteiger charge is -2.31. The van der Waals surface area contributed by atoms with Crippen LogP contribution in [0.1, 0.15) is 71.8 Å². The highest BCUT2D eigenvalue weighted by Crippen LogP contribution is 2.21. The number of carbonyl (C=O) groups is 9. The van der Waals surface area contributed by atoms with Crippen molar-refractivity contribution in [1.29, 1.82) is 0 Å². The molecule has 21 nitrogen and oxygen atoms in total. The van der Waals surface area contributed by atoms with Crippen LogP contribution in [0.15, 0.2) is 24.3 Å². The Balaban J connectivity index is 2.38. The number of hydrogen-bond donors (Lipinski definition) is 11. The van der Waals surface area contributed by atoms with E-state index < -0.39 is 115 Å². The number of phenols is 1. The van der Waals surface area contributed by atoms with Gasteiger partial charge < -0.3 is 63.4 Å². The molecule has 1 heterocycles. The highest BCUT2D eigenvalue weighted by Gasteiger charge is 2.40. The standard InChI is InChI=1S/C37H56N8O13/c1-18(2)12-23(40-31(51)22(38)15-29(39)48)32(52)43-26(14-20-7-9-21(47)10-8-20)36(56)45-11-5-6-28(45)35(55)42-25(16-30(49)50)34(54)41-24(13-19(3)4)33(53)44-27(17-46)37(57)58/h7-10,18-19,22-28,46-47H,5-6,11-17,38H2,1-4H3,(H2,39,48)(H,40,51)(H,41,54)(H,42,55)(H,43,52)(H,44,53)(H,49,50)(H,57,58)/t22-,23-,24-,25-,26-,27-,28-/m0/s1. The average Bonchev–Trinajstić information content (AvgIpc) is 3.62. The van der Waals surface area contributed by atoms with Gasteiger partial charge in [-0.3, -0.25) is 38.4 Å². The molecular weight excluding hydrogens is 764 g/mol. The van der Waals surface area contributed by atoms with Crippen molar-refractivity contribution in [1.82, 2.24) is 31.5 Å². The third-order valence-electron chi connectivity index (χ3n) is 9.08. The summed E-state index contributed by atoms with van der Waals surface area (Å²) in [4.78, 5) is 117. The molecule has 0 spiro atoms. The number of carboxylic acid groups (broad SMARTS) is 2. The molecule has 0 radical (unpaired) electrons. The predicted molar refractivity (Wildman–Crippen MR) is 204 cm³/mol. The van der Waals surface area contributed by atoms with Crippen molar-refractivity contribution in [3.05, 3.63) is 29.8 Å². The maximum atomic E-state index is 14.3. The van der Waals surface area contributed by atoms with Crippen LogP contribution in [0.4, 0.5) is 0 Å². The van der Waals surface area contributed by atoms with E-state index in [0.717, 1.165) is 0 Å². The number of rotatable bonds is 23. The van der Waals surface area contributed by atoms with Crippen molar-refractivity contribution in [2.45, 2.75) is 115 Å². The van der Waals surface area contributed by atoms with Crippen molar-refractivity contribution in [3.8, 4) is 5.75 Å². The van der Waals surface area contributed by atoms with E-state index in [-0.39, 0.29) is 49.8 Å². The summed E-state index contributed by atoms with van der Waals surface area (Å²) in [7, 11) is 0. The minimum Gasteiger partial charge on any atom is -0.508 e. The molecule has 0 aliphatic carbocycles. The van der Waals surface area contributed by atoms with Crippen LogP contribution in [0, 0.1) is 11.8 Å². The third-order valence-corrected chi connectivity index (χ3v) is 9.08. The Hall–Kier alpha value is -5.83. The normalized spacial score (nSPS) is 16.9. The molecule has 2 rings (SSSR count). The van der Waals surface area contributed by atoms with E-state index in [0.29, 0.717) is 12.0 Å². The van der Waals surface area contributed by atoms with Crippen molar-refractivity contribution in [3.63, 3.8) is 0 Å². The molecule has 7 atom stereocenters. The van der Waals surface area contributed by atoms with Crippen LogP contribution < -0.4 is 38.1 Å². The first-order valence-corrected chi connectivity index (χ1v) is 18.8.